The number of nitriles is 1. The molecule has 1 aromatic rings. The first kappa shape index (κ1) is 12.2. The number of nitrogens with one attached hydrogen (secondary N) is 1. The van der Waals surface area contributed by atoms with Gasteiger partial charge in [-0.3, -0.25) is 19.8 Å². The molecule has 6 heteroatoms. The molecule has 18 heavy (non-hydrogen) atoms. The number of halogens is 1. The Bertz CT molecular complexity index is 535. The van der Waals surface area contributed by atoms with Crippen LogP contribution in [-0.4, -0.2) is 29.8 Å². The highest BCUT2D eigenvalue weighted by Crippen LogP contribution is 2.12. The zero-order valence-corrected chi connectivity index (χ0v) is 9.44. The summed E-state index contributed by atoms with van der Waals surface area (Å²) in [6.45, 7) is 0.560. The number of carbonyl (C=O) groups excluding carboxylic acids is 2. The Morgan fingerprint density at radius 1 is 1.33 bits per heavy atom. The fourth-order valence-corrected chi connectivity index (χ4v) is 1.82. The highest BCUT2D eigenvalue weighted by molar-refractivity contribution is 5.99. The second-order valence-corrected chi connectivity index (χ2v) is 4.04. The molecule has 1 N–H and O–H groups in total. The van der Waals surface area contributed by atoms with Crippen molar-refractivity contribution in [3.05, 3.63) is 35.1 Å². The molecular formula is C12H10FN3O2. The van der Waals surface area contributed by atoms with Crippen molar-refractivity contribution in [1.29, 1.82) is 5.26 Å². The standard InChI is InChI=1S/C12H10FN3O2/c13-10-2-1-8(3-9(10)4-14)5-16-6-11(17)15-12(18)7-16/h1-3H,5-7H2,(H,15,17,18). The molecule has 2 amide bonds. The summed E-state index contributed by atoms with van der Waals surface area (Å²) in [5.74, 6) is -1.28. The van der Waals surface area contributed by atoms with Gasteiger partial charge in [0.1, 0.15) is 11.9 Å². The molecule has 5 nitrogen and oxygen atoms in total. The second-order valence-electron chi connectivity index (χ2n) is 4.04. The second kappa shape index (κ2) is 4.94. The topological polar surface area (TPSA) is 73.2 Å². The van der Waals surface area contributed by atoms with Gasteiger partial charge < -0.3 is 0 Å². The van der Waals surface area contributed by atoms with Gasteiger partial charge in [0.2, 0.25) is 11.8 Å². The van der Waals surface area contributed by atoms with Gasteiger partial charge in [-0.05, 0) is 17.7 Å². The Labute approximate surface area is 103 Å². The zero-order chi connectivity index (χ0) is 13.1. The Kier molecular flexibility index (Phi) is 3.35. The summed E-state index contributed by atoms with van der Waals surface area (Å²) in [5.41, 5.74) is 0.649. The molecule has 1 aromatic carbocycles. The smallest absolute Gasteiger partial charge is 0.240 e. The number of nitrogens with zero attached hydrogens (tertiary/aromatic N) is 2. The number of carbonyl (C=O) groups is 2. The van der Waals surface area contributed by atoms with E-state index in [1.807, 2.05) is 0 Å². The molecule has 1 heterocycles. The SMILES string of the molecule is N#Cc1cc(CN2CC(=O)NC(=O)C2)ccc1F. The van der Waals surface area contributed by atoms with Crippen molar-refractivity contribution in [3.63, 3.8) is 0 Å². The first-order chi connectivity index (χ1) is 8.58. The van der Waals surface area contributed by atoms with Crippen molar-refractivity contribution < 1.29 is 14.0 Å². The average molecular weight is 247 g/mol. The molecule has 1 saturated heterocycles. The van der Waals surface area contributed by atoms with Gasteiger partial charge in [0, 0.05) is 6.54 Å². The fraction of sp³-hybridized carbons (Fsp3) is 0.250. The Balaban J connectivity index is 2.12. The van der Waals surface area contributed by atoms with Gasteiger partial charge in [0.05, 0.1) is 18.7 Å². The van der Waals surface area contributed by atoms with Crippen molar-refractivity contribution >= 4 is 11.8 Å². The minimum absolute atomic E-state index is 0.0414. The minimum atomic E-state index is -0.575. The molecule has 92 valence electrons. The van der Waals surface area contributed by atoms with Crippen LogP contribution in [0.25, 0.3) is 0 Å². The lowest BCUT2D eigenvalue weighted by molar-refractivity contribution is -0.136. The average Bonchev–Trinajstić information content (AvgIpc) is 2.30. The number of hydrogen-bond donors (Lipinski definition) is 1. The van der Waals surface area contributed by atoms with Gasteiger partial charge in [-0.25, -0.2) is 4.39 Å². The maximum atomic E-state index is 13.1. The maximum absolute atomic E-state index is 13.1. The molecule has 0 atom stereocenters. The summed E-state index contributed by atoms with van der Waals surface area (Å²) in [5, 5.41) is 10.9. The molecule has 0 aromatic heterocycles. The molecule has 0 aliphatic carbocycles. The molecule has 1 aliphatic heterocycles. The molecule has 1 fully saturated rings. The Morgan fingerprint density at radius 3 is 2.61 bits per heavy atom. The number of amides is 2. The van der Waals surface area contributed by atoms with Crippen LogP contribution < -0.4 is 5.32 Å². The Morgan fingerprint density at radius 2 is 2.00 bits per heavy atom. The number of imide groups is 1. The lowest BCUT2D eigenvalue weighted by Gasteiger charge is -2.25. The van der Waals surface area contributed by atoms with E-state index in [4.69, 9.17) is 5.26 Å². The van der Waals surface area contributed by atoms with Gasteiger partial charge in [-0.1, -0.05) is 6.07 Å². The summed E-state index contributed by atoms with van der Waals surface area (Å²) in [6.07, 6.45) is 0. The molecule has 0 spiro atoms. The van der Waals surface area contributed by atoms with Crippen LogP contribution in [0.1, 0.15) is 11.1 Å². The van der Waals surface area contributed by atoms with Crippen molar-refractivity contribution in [2.45, 2.75) is 6.54 Å². The first-order valence-corrected chi connectivity index (χ1v) is 5.32. The summed E-state index contributed by atoms with van der Waals surface area (Å²) >= 11 is 0. The van der Waals surface area contributed by atoms with Crippen LogP contribution in [0.2, 0.25) is 0 Å². The van der Waals surface area contributed by atoms with Crippen LogP contribution in [0.4, 0.5) is 4.39 Å². The van der Waals surface area contributed by atoms with Gasteiger partial charge >= 0.3 is 0 Å². The van der Waals surface area contributed by atoms with Gasteiger partial charge in [-0.15, -0.1) is 0 Å². The molecule has 1 aliphatic rings. The third kappa shape index (κ3) is 2.70. The van der Waals surface area contributed by atoms with E-state index in [1.54, 1.807) is 11.0 Å². The molecule has 0 unspecified atom stereocenters. The maximum Gasteiger partial charge on any atom is 0.240 e. The molecule has 2 rings (SSSR count). The van der Waals surface area contributed by atoms with Crippen molar-refractivity contribution in [2.24, 2.45) is 0 Å². The summed E-state index contributed by atoms with van der Waals surface area (Å²) < 4.78 is 13.1. The number of piperazine rings is 1. The summed E-state index contributed by atoms with van der Waals surface area (Å²) in [7, 11) is 0. The molecular weight excluding hydrogens is 237 g/mol. The third-order valence-corrected chi connectivity index (χ3v) is 2.57. The van der Waals surface area contributed by atoms with E-state index >= 15 is 0 Å². The largest absolute Gasteiger partial charge is 0.294 e. The van der Waals surface area contributed by atoms with Gasteiger partial charge in [-0.2, -0.15) is 5.26 Å². The molecule has 0 radical (unpaired) electrons. The Hall–Kier alpha value is -2.26. The van der Waals surface area contributed by atoms with Crippen LogP contribution in [0.5, 0.6) is 0 Å². The summed E-state index contributed by atoms with van der Waals surface area (Å²) in [6, 6.07) is 5.92. The van der Waals surface area contributed by atoms with Gasteiger partial charge in [0.15, 0.2) is 0 Å². The minimum Gasteiger partial charge on any atom is -0.294 e. The number of benzene rings is 1. The van der Waals surface area contributed by atoms with E-state index in [1.165, 1.54) is 18.2 Å². The molecule has 0 bridgehead atoms. The quantitative estimate of drug-likeness (QED) is 0.755. The van der Waals surface area contributed by atoms with Crippen LogP contribution in [0.15, 0.2) is 18.2 Å². The predicted molar refractivity (Wildman–Crippen MR) is 59.5 cm³/mol. The third-order valence-electron chi connectivity index (χ3n) is 2.57. The lowest BCUT2D eigenvalue weighted by atomic mass is 10.1. The normalized spacial score (nSPS) is 16.2. The van der Waals surface area contributed by atoms with E-state index < -0.39 is 5.82 Å². The summed E-state index contributed by atoms with van der Waals surface area (Å²) in [4.78, 5) is 24.0. The van der Waals surface area contributed by atoms with E-state index in [0.717, 1.165) is 0 Å². The van der Waals surface area contributed by atoms with Crippen LogP contribution in [0.3, 0.4) is 0 Å². The van der Waals surface area contributed by atoms with Crippen molar-refractivity contribution in [3.8, 4) is 6.07 Å². The number of rotatable bonds is 2. The van der Waals surface area contributed by atoms with Crippen LogP contribution in [-0.2, 0) is 16.1 Å². The van der Waals surface area contributed by atoms with Gasteiger partial charge in [0.25, 0.3) is 0 Å². The lowest BCUT2D eigenvalue weighted by Crippen LogP contribution is -2.50. The monoisotopic (exact) mass is 247 g/mol. The van der Waals surface area contributed by atoms with E-state index in [0.29, 0.717) is 12.1 Å². The van der Waals surface area contributed by atoms with E-state index in [-0.39, 0.29) is 30.5 Å². The van der Waals surface area contributed by atoms with Crippen LogP contribution in [0, 0.1) is 17.1 Å². The van der Waals surface area contributed by atoms with Crippen molar-refractivity contribution in [2.75, 3.05) is 13.1 Å². The zero-order valence-electron chi connectivity index (χ0n) is 9.44. The predicted octanol–water partition coefficient (Wildman–Crippen LogP) is 0.156. The fourth-order valence-electron chi connectivity index (χ4n) is 1.82. The highest BCUT2D eigenvalue weighted by atomic mass is 19.1. The number of hydrogen-bond acceptors (Lipinski definition) is 4. The first-order valence-electron chi connectivity index (χ1n) is 5.32. The van der Waals surface area contributed by atoms with E-state index in [9.17, 15) is 14.0 Å². The molecule has 0 saturated carbocycles. The van der Waals surface area contributed by atoms with E-state index in [2.05, 4.69) is 5.32 Å². The highest BCUT2D eigenvalue weighted by Gasteiger charge is 2.22. The van der Waals surface area contributed by atoms with Crippen LogP contribution >= 0.6 is 0 Å². The van der Waals surface area contributed by atoms with Crippen molar-refractivity contribution in [1.82, 2.24) is 10.2 Å².